The molecule has 1 saturated heterocycles. The van der Waals surface area contributed by atoms with E-state index in [1.807, 2.05) is 25.1 Å². The summed E-state index contributed by atoms with van der Waals surface area (Å²) in [5.74, 6) is 1.02. The van der Waals surface area contributed by atoms with Crippen molar-refractivity contribution in [3.05, 3.63) is 48.3 Å². The Kier molecular flexibility index (Phi) is 6.08. The fourth-order valence-electron chi connectivity index (χ4n) is 3.58. The van der Waals surface area contributed by atoms with E-state index < -0.39 is 0 Å². The van der Waals surface area contributed by atoms with E-state index in [0.717, 1.165) is 57.0 Å². The summed E-state index contributed by atoms with van der Waals surface area (Å²) in [5, 5.41) is 7.06. The van der Waals surface area contributed by atoms with E-state index in [-0.39, 0.29) is 17.8 Å². The Morgan fingerprint density at radius 3 is 2.76 bits per heavy atom. The Morgan fingerprint density at radius 1 is 1.32 bits per heavy atom. The number of aliphatic imine (C=N–C) groups is 1. The van der Waals surface area contributed by atoms with Crippen molar-refractivity contribution in [1.82, 2.24) is 15.5 Å². The first kappa shape index (κ1) is 17.9. The predicted octanol–water partition coefficient (Wildman–Crippen LogP) is 2.89. The van der Waals surface area contributed by atoms with Gasteiger partial charge in [-0.3, -0.25) is 9.89 Å². The van der Waals surface area contributed by atoms with E-state index in [0.29, 0.717) is 6.04 Å². The van der Waals surface area contributed by atoms with E-state index >= 15 is 0 Å². The summed E-state index contributed by atoms with van der Waals surface area (Å²) < 4.78 is 13.9. The SMILES string of the molecule is C=CCN1CCC(NC(=NCC)NC2CC2c2ccccc2F)CC1. The van der Waals surface area contributed by atoms with Crippen LogP contribution in [0.25, 0.3) is 0 Å². The lowest BCUT2D eigenvalue weighted by Gasteiger charge is -2.32. The summed E-state index contributed by atoms with van der Waals surface area (Å²) in [7, 11) is 0. The quantitative estimate of drug-likeness (QED) is 0.474. The minimum atomic E-state index is -0.103. The smallest absolute Gasteiger partial charge is 0.191 e. The fraction of sp³-hybridized carbons (Fsp3) is 0.550. The van der Waals surface area contributed by atoms with Gasteiger partial charge in [-0.25, -0.2) is 4.39 Å². The second-order valence-corrected chi connectivity index (χ2v) is 6.95. The van der Waals surface area contributed by atoms with Crippen molar-refractivity contribution >= 4 is 5.96 Å². The van der Waals surface area contributed by atoms with E-state index in [1.165, 1.54) is 0 Å². The van der Waals surface area contributed by atoms with Crippen molar-refractivity contribution < 1.29 is 4.39 Å². The van der Waals surface area contributed by atoms with Gasteiger partial charge in [-0.15, -0.1) is 6.58 Å². The number of nitrogens with zero attached hydrogens (tertiary/aromatic N) is 2. The summed E-state index contributed by atoms with van der Waals surface area (Å²) >= 11 is 0. The van der Waals surface area contributed by atoms with Crippen molar-refractivity contribution in [3.8, 4) is 0 Å². The van der Waals surface area contributed by atoms with Gasteiger partial charge in [0.2, 0.25) is 0 Å². The zero-order valence-corrected chi connectivity index (χ0v) is 15.0. The minimum absolute atomic E-state index is 0.103. The maximum absolute atomic E-state index is 13.9. The van der Waals surface area contributed by atoms with E-state index in [4.69, 9.17) is 0 Å². The monoisotopic (exact) mass is 344 g/mol. The largest absolute Gasteiger partial charge is 0.354 e. The Hall–Kier alpha value is -1.88. The molecule has 25 heavy (non-hydrogen) atoms. The molecule has 2 aliphatic rings. The molecule has 1 aliphatic heterocycles. The van der Waals surface area contributed by atoms with Crippen LogP contribution >= 0.6 is 0 Å². The normalized spacial score (nSPS) is 24.8. The molecule has 0 radical (unpaired) electrons. The van der Waals surface area contributed by atoms with Crippen LogP contribution in [0.4, 0.5) is 4.39 Å². The first-order valence-corrected chi connectivity index (χ1v) is 9.36. The van der Waals surface area contributed by atoms with Gasteiger partial charge >= 0.3 is 0 Å². The maximum atomic E-state index is 13.9. The zero-order valence-electron chi connectivity index (χ0n) is 15.0. The maximum Gasteiger partial charge on any atom is 0.191 e. The molecule has 136 valence electrons. The number of hydrogen-bond acceptors (Lipinski definition) is 2. The highest BCUT2D eigenvalue weighted by atomic mass is 19.1. The highest BCUT2D eigenvalue weighted by Gasteiger charge is 2.40. The number of hydrogen-bond donors (Lipinski definition) is 2. The molecule has 1 aromatic carbocycles. The van der Waals surface area contributed by atoms with Gasteiger partial charge < -0.3 is 10.6 Å². The number of nitrogens with one attached hydrogen (secondary N) is 2. The van der Waals surface area contributed by atoms with Gasteiger partial charge in [0.1, 0.15) is 5.82 Å². The highest BCUT2D eigenvalue weighted by Crippen LogP contribution is 2.41. The molecule has 1 aromatic rings. The van der Waals surface area contributed by atoms with E-state index in [9.17, 15) is 4.39 Å². The molecule has 0 bridgehead atoms. The first-order valence-electron chi connectivity index (χ1n) is 9.36. The lowest BCUT2D eigenvalue weighted by molar-refractivity contribution is 0.225. The standard InChI is InChI=1S/C20H29FN4/c1-3-11-25-12-9-15(10-13-25)23-20(22-4-2)24-19-14-17(19)16-7-5-6-8-18(16)21/h3,5-8,15,17,19H,1,4,9-14H2,2H3,(H2,22,23,24). The van der Waals surface area contributed by atoms with Crippen LogP contribution in [-0.2, 0) is 0 Å². The van der Waals surface area contributed by atoms with Crippen LogP contribution in [0.5, 0.6) is 0 Å². The molecule has 4 nitrogen and oxygen atoms in total. The molecule has 1 aliphatic carbocycles. The second kappa shape index (κ2) is 8.48. The van der Waals surface area contributed by atoms with E-state index in [2.05, 4.69) is 27.1 Å². The van der Waals surface area contributed by atoms with Gasteiger partial charge in [0.05, 0.1) is 0 Å². The van der Waals surface area contributed by atoms with Crippen molar-refractivity contribution in [2.75, 3.05) is 26.2 Å². The minimum Gasteiger partial charge on any atom is -0.354 e. The van der Waals surface area contributed by atoms with Crippen LogP contribution in [0.3, 0.4) is 0 Å². The zero-order chi connectivity index (χ0) is 17.6. The number of piperidine rings is 1. The number of benzene rings is 1. The molecular formula is C20H29FN4. The summed E-state index contributed by atoms with van der Waals surface area (Å²) in [6.45, 7) is 9.73. The lowest BCUT2D eigenvalue weighted by atomic mass is 10.1. The van der Waals surface area contributed by atoms with Crippen LogP contribution in [0.1, 0.15) is 37.7 Å². The average Bonchev–Trinajstić information content (AvgIpc) is 3.36. The van der Waals surface area contributed by atoms with Crippen LogP contribution in [0, 0.1) is 5.82 Å². The van der Waals surface area contributed by atoms with Gasteiger partial charge in [0.15, 0.2) is 5.96 Å². The molecule has 1 heterocycles. The Balaban J connectivity index is 1.51. The van der Waals surface area contributed by atoms with Crippen molar-refractivity contribution in [2.45, 2.75) is 44.2 Å². The highest BCUT2D eigenvalue weighted by molar-refractivity contribution is 5.81. The third-order valence-electron chi connectivity index (χ3n) is 5.05. The van der Waals surface area contributed by atoms with Crippen LogP contribution in [0.2, 0.25) is 0 Å². The van der Waals surface area contributed by atoms with Gasteiger partial charge in [-0.2, -0.15) is 0 Å². The van der Waals surface area contributed by atoms with Crippen molar-refractivity contribution in [2.24, 2.45) is 4.99 Å². The number of likely N-dealkylation sites (tertiary alicyclic amines) is 1. The average molecular weight is 344 g/mol. The predicted molar refractivity (Wildman–Crippen MR) is 101 cm³/mol. The molecule has 3 rings (SSSR count). The topological polar surface area (TPSA) is 39.7 Å². The molecule has 0 aromatic heterocycles. The molecular weight excluding hydrogens is 315 g/mol. The Morgan fingerprint density at radius 2 is 2.08 bits per heavy atom. The number of halogens is 1. The number of rotatable bonds is 6. The molecule has 2 fully saturated rings. The third-order valence-corrected chi connectivity index (χ3v) is 5.05. The van der Waals surface area contributed by atoms with Gasteiger partial charge in [-0.05, 0) is 37.8 Å². The summed E-state index contributed by atoms with van der Waals surface area (Å²) in [4.78, 5) is 7.00. The molecule has 5 heteroatoms. The molecule has 0 spiro atoms. The third kappa shape index (κ3) is 4.82. The van der Waals surface area contributed by atoms with Gasteiger partial charge in [0.25, 0.3) is 0 Å². The Labute approximate surface area is 150 Å². The Bertz CT molecular complexity index is 607. The molecule has 2 atom stereocenters. The van der Waals surface area contributed by atoms with Crippen LogP contribution in [0.15, 0.2) is 41.9 Å². The van der Waals surface area contributed by atoms with Gasteiger partial charge in [0, 0.05) is 44.2 Å². The first-order chi connectivity index (χ1) is 12.2. The summed E-state index contributed by atoms with van der Waals surface area (Å²) in [6, 6.07) is 7.81. The van der Waals surface area contributed by atoms with Crippen molar-refractivity contribution in [3.63, 3.8) is 0 Å². The molecule has 1 saturated carbocycles. The van der Waals surface area contributed by atoms with E-state index in [1.54, 1.807) is 12.1 Å². The fourth-order valence-corrected chi connectivity index (χ4v) is 3.58. The summed E-state index contributed by atoms with van der Waals surface area (Å²) in [6.07, 6.45) is 5.15. The van der Waals surface area contributed by atoms with Crippen LogP contribution in [-0.4, -0.2) is 49.1 Å². The van der Waals surface area contributed by atoms with Gasteiger partial charge in [-0.1, -0.05) is 24.3 Å². The molecule has 0 amide bonds. The molecule has 2 N–H and O–H groups in total. The lowest BCUT2D eigenvalue weighted by Crippen LogP contribution is -2.49. The van der Waals surface area contributed by atoms with Crippen LogP contribution < -0.4 is 10.6 Å². The number of guanidine groups is 1. The second-order valence-electron chi connectivity index (χ2n) is 6.95. The molecule has 2 unspecified atom stereocenters. The van der Waals surface area contributed by atoms with Crippen molar-refractivity contribution in [1.29, 1.82) is 0 Å². The summed E-state index contributed by atoms with van der Waals surface area (Å²) in [5.41, 5.74) is 0.814.